The minimum Gasteiger partial charge on any atom is -0.497 e. The molecule has 1 atom stereocenters. The first kappa shape index (κ1) is 21.9. The lowest BCUT2D eigenvalue weighted by Crippen LogP contribution is -2.20. The number of methoxy groups -OCH3 is 1. The zero-order valence-electron chi connectivity index (χ0n) is 17.8. The Kier molecular flexibility index (Phi) is 7.52. The molecule has 158 valence electrons. The van der Waals surface area contributed by atoms with Crippen molar-refractivity contribution in [3.63, 3.8) is 0 Å². The van der Waals surface area contributed by atoms with Crippen LogP contribution in [-0.4, -0.2) is 39.7 Å². The van der Waals surface area contributed by atoms with Gasteiger partial charge >= 0.3 is 5.97 Å². The molecule has 1 aromatic heterocycles. The van der Waals surface area contributed by atoms with Crippen LogP contribution in [0.2, 0.25) is 0 Å². The van der Waals surface area contributed by atoms with Crippen LogP contribution in [0.3, 0.4) is 0 Å². The highest BCUT2D eigenvalue weighted by molar-refractivity contribution is 8.00. The Balaban J connectivity index is 2.05. The van der Waals surface area contributed by atoms with Gasteiger partial charge in [-0.05, 0) is 56.7 Å². The summed E-state index contributed by atoms with van der Waals surface area (Å²) in [5.41, 5.74) is 3.03. The van der Waals surface area contributed by atoms with E-state index < -0.39 is 0 Å². The molecule has 2 aromatic carbocycles. The van der Waals surface area contributed by atoms with E-state index in [1.165, 1.54) is 17.3 Å². The van der Waals surface area contributed by atoms with Gasteiger partial charge in [0.25, 0.3) is 0 Å². The normalized spacial score (nSPS) is 11.9. The third kappa shape index (κ3) is 5.02. The first-order valence-electron chi connectivity index (χ1n) is 10.1. The second-order valence-corrected chi connectivity index (χ2v) is 8.02. The van der Waals surface area contributed by atoms with E-state index >= 15 is 0 Å². The zero-order chi connectivity index (χ0) is 21.5. The van der Waals surface area contributed by atoms with E-state index in [0.29, 0.717) is 24.0 Å². The Morgan fingerprint density at radius 2 is 1.77 bits per heavy atom. The third-order valence-electron chi connectivity index (χ3n) is 4.62. The number of aryl methyl sites for hydroxylation is 1. The standard InChI is InChI=1S/C23H27N3O3S/c1-5-7-20(22(27)29-6-2)30-23-25-24-21(17-10-14-19(28-4)15-11-17)26(23)18-12-8-16(3)9-13-18/h8-15,20H,5-7H2,1-4H3. The van der Waals surface area contributed by atoms with Gasteiger partial charge in [0.05, 0.1) is 13.7 Å². The lowest BCUT2D eigenvalue weighted by Gasteiger charge is -2.16. The summed E-state index contributed by atoms with van der Waals surface area (Å²) in [6.07, 6.45) is 1.59. The summed E-state index contributed by atoms with van der Waals surface area (Å²) in [6, 6.07) is 15.9. The van der Waals surface area contributed by atoms with Gasteiger partial charge in [-0.1, -0.05) is 42.8 Å². The number of esters is 1. The highest BCUT2D eigenvalue weighted by Gasteiger charge is 2.25. The van der Waals surface area contributed by atoms with E-state index in [-0.39, 0.29) is 11.2 Å². The van der Waals surface area contributed by atoms with Crippen LogP contribution in [0, 0.1) is 6.92 Å². The number of rotatable bonds is 9. The minimum absolute atomic E-state index is 0.214. The lowest BCUT2D eigenvalue weighted by molar-refractivity contribution is -0.142. The summed E-state index contributed by atoms with van der Waals surface area (Å²) >= 11 is 1.40. The van der Waals surface area contributed by atoms with Gasteiger partial charge in [0.1, 0.15) is 11.0 Å². The number of hydrogen-bond acceptors (Lipinski definition) is 6. The van der Waals surface area contributed by atoms with Gasteiger partial charge in [0.15, 0.2) is 11.0 Å². The molecular weight excluding hydrogens is 398 g/mol. The number of nitrogens with zero attached hydrogens (tertiary/aromatic N) is 3. The molecule has 0 fully saturated rings. The van der Waals surface area contributed by atoms with Crippen molar-refractivity contribution in [3.8, 4) is 22.8 Å². The minimum atomic E-state index is -0.327. The number of ether oxygens (including phenoxy) is 2. The van der Waals surface area contributed by atoms with Crippen molar-refractivity contribution < 1.29 is 14.3 Å². The molecule has 0 saturated heterocycles. The molecular formula is C23H27N3O3S. The van der Waals surface area contributed by atoms with Crippen LogP contribution in [0.1, 0.15) is 32.3 Å². The molecule has 0 bridgehead atoms. The molecule has 7 heteroatoms. The summed E-state index contributed by atoms with van der Waals surface area (Å²) in [4.78, 5) is 12.5. The quantitative estimate of drug-likeness (QED) is 0.352. The molecule has 1 unspecified atom stereocenters. The van der Waals surface area contributed by atoms with Gasteiger partial charge in [-0.3, -0.25) is 9.36 Å². The first-order chi connectivity index (χ1) is 14.6. The SMILES string of the molecule is CCCC(Sc1nnc(-c2ccc(OC)cc2)n1-c1ccc(C)cc1)C(=O)OCC. The fraction of sp³-hybridized carbons (Fsp3) is 0.348. The van der Waals surface area contributed by atoms with Gasteiger partial charge in [0, 0.05) is 11.3 Å². The van der Waals surface area contributed by atoms with Gasteiger partial charge in [0.2, 0.25) is 0 Å². The van der Waals surface area contributed by atoms with Crippen LogP contribution in [0.25, 0.3) is 17.1 Å². The number of aromatic nitrogens is 3. The highest BCUT2D eigenvalue weighted by atomic mass is 32.2. The smallest absolute Gasteiger partial charge is 0.319 e. The zero-order valence-corrected chi connectivity index (χ0v) is 18.6. The number of carbonyl (C=O) groups excluding carboxylic acids is 1. The first-order valence-corrected chi connectivity index (χ1v) is 11.0. The number of carbonyl (C=O) groups is 1. The van der Waals surface area contributed by atoms with Crippen LogP contribution in [0.4, 0.5) is 0 Å². The summed E-state index contributed by atoms with van der Waals surface area (Å²) in [5.74, 6) is 1.27. The molecule has 3 rings (SSSR count). The molecule has 0 aliphatic carbocycles. The average molecular weight is 426 g/mol. The molecule has 0 saturated carbocycles. The van der Waals surface area contributed by atoms with Gasteiger partial charge in [-0.25, -0.2) is 0 Å². The van der Waals surface area contributed by atoms with Gasteiger partial charge < -0.3 is 9.47 Å². The second kappa shape index (κ2) is 10.3. The second-order valence-electron chi connectivity index (χ2n) is 6.85. The van der Waals surface area contributed by atoms with Crippen molar-refractivity contribution in [2.45, 2.75) is 44.0 Å². The topological polar surface area (TPSA) is 66.2 Å². The van der Waals surface area contributed by atoms with Crippen molar-refractivity contribution in [1.29, 1.82) is 0 Å². The Labute approximate surface area is 181 Å². The molecule has 6 nitrogen and oxygen atoms in total. The Hall–Kier alpha value is -2.80. The fourth-order valence-corrected chi connectivity index (χ4v) is 4.21. The van der Waals surface area contributed by atoms with Crippen molar-refractivity contribution in [2.24, 2.45) is 0 Å². The van der Waals surface area contributed by atoms with E-state index in [4.69, 9.17) is 9.47 Å². The molecule has 0 radical (unpaired) electrons. The van der Waals surface area contributed by atoms with E-state index in [2.05, 4.69) is 29.3 Å². The van der Waals surface area contributed by atoms with Gasteiger partial charge in [-0.2, -0.15) is 0 Å². The molecule has 0 spiro atoms. The molecule has 3 aromatic rings. The number of thioether (sulfide) groups is 1. The van der Waals surface area contributed by atoms with E-state index in [0.717, 1.165) is 23.4 Å². The Morgan fingerprint density at radius 3 is 2.37 bits per heavy atom. The summed E-state index contributed by atoms with van der Waals surface area (Å²) < 4.78 is 12.5. The summed E-state index contributed by atoms with van der Waals surface area (Å²) in [5, 5.41) is 9.23. The lowest BCUT2D eigenvalue weighted by atomic mass is 10.2. The van der Waals surface area contributed by atoms with Crippen LogP contribution in [0.5, 0.6) is 5.75 Å². The van der Waals surface area contributed by atoms with Crippen molar-refractivity contribution in [2.75, 3.05) is 13.7 Å². The Morgan fingerprint density at radius 1 is 1.07 bits per heavy atom. The predicted molar refractivity (Wildman–Crippen MR) is 119 cm³/mol. The van der Waals surface area contributed by atoms with Crippen LogP contribution >= 0.6 is 11.8 Å². The largest absolute Gasteiger partial charge is 0.497 e. The number of hydrogen-bond donors (Lipinski definition) is 0. The molecule has 0 aliphatic heterocycles. The predicted octanol–water partition coefficient (Wildman–Crippen LogP) is 5.08. The third-order valence-corrected chi connectivity index (χ3v) is 5.81. The van der Waals surface area contributed by atoms with Crippen molar-refractivity contribution in [3.05, 3.63) is 54.1 Å². The average Bonchev–Trinajstić information content (AvgIpc) is 3.17. The van der Waals surface area contributed by atoms with Crippen LogP contribution in [-0.2, 0) is 9.53 Å². The van der Waals surface area contributed by atoms with Crippen LogP contribution in [0.15, 0.2) is 53.7 Å². The Bertz CT molecular complexity index is 968. The molecule has 0 N–H and O–H groups in total. The summed E-state index contributed by atoms with van der Waals surface area (Å²) in [6.45, 7) is 6.29. The molecule has 30 heavy (non-hydrogen) atoms. The highest BCUT2D eigenvalue weighted by Crippen LogP contribution is 2.32. The van der Waals surface area contributed by atoms with Crippen molar-refractivity contribution >= 4 is 17.7 Å². The fourth-order valence-electron chi connectivity index (χ4n) is 3.05. The maximum Gasteiger partial charge on any atom is 0.319 e. The maximum absolute atomic E-state index is 12.5. The van der Waals surface area contributed by atoms with Crippen molar-refractivity contribution in [1.82, 2.24) is 14.8 Å². The molecule has 0 amide bonds. The van der Waals surface area contributed by atoms with E-state index in [1.807, 2.05) is 54.8 Å². The molecule has 0 aliphatic rings. The number of benzene rings is 2. The van der Waals surface area contributed by atoms with Gasteiger partial charge in [-0.15, -0.1) is 10.2 Å². The van der Waals surface area contributed by atoms with Crippen LogP contribution < -0.4 is 4.74 Å². The monoisotopic (exact) mass is 425 g/mol. The van der Waals surface area contributed by atoms with E-state index in [1.54, 1.807) is 7.11 Å². The maximum atomic E-state index is 12.5. The van der Waals surface area contributed by atoms with E-state index in [9.17, 15) is 4.79 Å². The summed E-state index contributed by atoms with van der Waals surface area (Å²) in [7, 11) is 1.64. The molecule has 1 heterocycles.